The number of tetrazole rings is 1. The van der Waals surface area contributed by atoms with E-state index in [0.29, 0.717) is 34.9 Å². The third-order valence-electron chi connectivity index (χ3n) is 3.00. The first-order valence-corrected chi connectivity index (χ1v) is 7.39. The minimum absolute atomic E-state index is 0.264. The van der Waals surface area contributed by atoms with Gasteiger partial charge in [-0.05, 0) is 34.2 Å². The average molecular weight is 304 g/mol. The van der Waals surface area contributed by atoms with Crippen LogP contribution in [0.5, 0.6) is 0 Å². The lowest BCUT2D eigenvalue weighted by Gasteiger charge is -2.06. The molecule has 0 spiro atoms. The van der Waals surface area contributed by atoms with E-state index >= 15 is 0 Å². The topological polar surface area (TPSA) is 82.5 Å². The summed E-state index contributed by atoms with van der Waals surface area (Å²) in [5, 5.41) is 12.7. The van der Waals surface area contributed by atoms with E-state index in [1.807, 2.05) is 0 Å². The Morgan fingerprint density at radius 3 is 3.05 bits per heavy atom. The molecule has 0 saturated carbocycles. The Balaban J connectivity index is 1.85. The van der Waals surface area contributed by atoms with E-state index in [4.69, 9.17) is 5.73 Å². The van der Waals surface area contributed by atoms with E-state index in [2.05, 4.69) is 20.5 Å². The molecule has 0 atom stereocenters. The fourth-order valence-electron chi connectivity index (χ4n) is 2.02. The third-order valence-corrected chi connectivity index (χ3v) is 4.00. The van der Waals surface area contributed by atoms with Crippen LogP contribution in [-0.2, 0) is 12.3 Å². The molecule has 2 N–H and O–H groups in total. The molecule has 0 aliphatic heterocycles. The van der Waals surface area contributed by atoms with E-state index in [1.165, 1.54) is 17.8 Å². The van der Waals surface area contributed by atoms with Crippen molar-refractivity contribution < 1.29 is 4.39 Å². The summed E-state index contributed by atoms with van der Waals surface area (Å²) in [6, 6.07) is 6.66. The number of nitrogens with two attached hydrogens (primary N) is 1. The second-order valence-corrected chi connectivity index (χ2v) is 5.31. The summed E-state index contributed by atoms with van der Waals surface area (Å²) in [4.78, 5) is 4.27. The van der Waals surface area contributed by atoms with Gasteiger partial charge in [-0.25, -0.2) is 9.07 Å². The van der Waals surface area contributed by atoms with Crippen molar-refractivity contribution in [3.63, 3.8) is 0 Å². The molecule has 3 rings (SSSR count). The SMILES string of the molecule is NCCn1nnnc1SCc1ccc(F)c2cccnc12. The first-order valence-electron chi connectivity index (χ1n) is 6.40. The molecule has 8 heteroatoms. The number of aromatic nitrogens is 5. The van der Waals surface area contributed by atoms with Crippen molar-refractivity contribution in [2.45, 2.75) is 17.5 Å². The van der Waals surface area contributed by atoms with Gasteiger partial charge in [0.25, 0.3) is 0 Å². The predicted octanol–water partition coefficient (Wildman–Crippen LogP) is 1.61. The maximum Gasteiger partial charge on any atom is 0.209 e. The summed E-state index contributed by atoms with van der Waals surface area (Å²) in [6.45, 7) is 1.04. The second-order valence-electron chi connectivity index (χ2n) is 4.37. The van der Waals surface area contributed by atoms with E-state index in [9.17, 15) is 4.39 Å². The minimum atomic E-state index is -0.264. The number of thioether (sulfide) groups is 1. The summed E-state index contributed by atoms with van der Waals surface area (Å²) in [7, 11) is 0. The van der Waals surface area contributed by atoms with Gasteiger partial charge in [-0.3, -0.25) is 4.98 Å². The molecule has 0 radical (unpaired) electrons. The molecule has 0 aliphatic carbocycles. The maximum absolute atomic E-state index is 13.7. The number of pyridine rings is 1. The zero-order chi connectivity index (χ0) is 14.7. The smallest absolute Gasteiger partial charge is 0.209 e. The minimum Gasteiger partial charge on any atom is -0.329 e. The third kappa shape index (κ3) is 2.86. The molecule has 6 nitrogen and oxygen atoms in total. The zero-order valence-electron chi connectivity index (χ0n) is 11.1. The van der Waals surface area contributed by atoms with Crippen molar-refractivity contribution in [3.05, 3.63) is 41.8 Å². The van der Waals surface area contributed by atoms with Gasteiger partial charge in [0.2, 0.25) is 5.16 Å². The summed E-state index contributed by atoms with van der Waals surface area (Å²) >= 11 is 1.48. The van der Waals surface area contributed by atoms with Crippen molar-refractivity contribution in [2.24, 2.45) is 5.73 Å². The van der Waals surface area contributed by atoms with Gasteiger partial charge in [0.15, 0.2) is 0 Å². The molecule has 0 saturated heterocycles. The van der Waals surface area contributed by atoms with E-state index < -0.39 is 0 Å². The van der Waals surface area contributed by atoms with Gasteiger partial charge < -0.3 is 5.73 Å². The van der Waals surface area contributed by atoms with Gasteiger partial charge in [0, 0.05) is 23.9 Å². The Labute approximate surface area is 124 Å². The standard InChI is InChI=1S/C13H13FN6S/c14-11-4-3-9(12-10(11)2-1-6-16-12)8-21-13-17-18-19-20(13)7-5-15/h1-4,6H,5,7-8,15H2. The molecule has 0 amide bonds. The Morgan fingerprint density at radius 1 is 1.29 bits per heavy atom. The van der Waals surface area contributed by atoms with Gasteiger partial charge in [0.05, 0.1) is 12.1 Å². The highest BCUT2D eigenvalue weighted by molar-refractivity contribution is 7.98. The van der Waals surface area contributed by atoms with Crippen LogP contribution in [0.2, 0.25) is 0 Å². The number of fused-ring (bicyclic) bond motifs is 1. The highest BCUT2D eigenvalue weighted by atomic mass is 32.2. The van der Waals surface area contributed by atoms with Crippen LogP contribution in [-0.4, -0.2) is 31.7 Å². The van der Waals surface area contributed by atoms with Crippen molar-refractivity contribution in [3.8, 4) is 0 Å². The Hall–Kier alpha value is -2.06. The van der Waals surface area contributed by atoms with Crippen molar-refractivity contribution >= 4 is 22.7 Å². The lowest BCUT2D eigenvalue weighted by Crippen LogP contribution is -2.12. The van der Waals surface area contributed by atoms with Crippen LogP contribution >= 0.6 is 11.8 Å². The highest BCUT2D eigenvalue weighted by Gasteiger charge is 2.10. The first kappa shape index (κ1) is 13.9. The van der Waals surface area contributed by atoms with Gasteiger partial charge in [-0.1, -0.05) is 17.8 Å². The number of benzene rings is 1. The normalized spacial score (nSPS) is 11.1. The lowest BCUT2D eigenvalue weighted by atomic mass is 10.1. The molecular formula is C13H13FN6S. The maximum atomic E-state index is 13.7. The molecule has 3 aromatic rings. The van der Waals surface area contributed by atoms with Gasteiger partial charge in [-0.2, -0.15) is 0 Å². The summed E-state index contributed by atoms with van der Waals surface area (Å²) in [5.41, 5.74) is 7.12. The number of halogens is 1. The number of nitrogens with zero attached hydrogens (tertiary/aromatic N) is 5. The molecule has 1 aromatic carbocycles. The Kier molecular flexibility index (Phi) is 4.07. The van der Waals surface area contributed by atoms with E-state index in [0.717, 1.165) is 5.56 Å². The van der Waals surface area contributed by atoms with Crippen LogP contribution in [0.25, 0.3) is 10.9 Å². The van der Waals surface area contributed by atoms with E-state index in [-0.39, 0.29) is 5.82 Å². The van der Waals surface area contributed by atoms with Crippen LogP contribution in [0.1, 0.15) is 5.56 Å². The molecular weight excluding hydrogens is 291 g/mol. The number of rotatable bonds is 5. The molecule has 0 bridgehead atoms. The van der Waals surface area contributed by atoms with Crippen LogP contribution in [0, 0.1) is 5.82 Å². The molecule has 108 valence electrons. The molecule has 0 unspecified atom stereocenters. The molecule has 2 heterocycles. The average Bonchev–Trinajstić information content (AvgIpc) is 2.95. The van der Waals surface area contributed by atoms with E-state index in [1.54, 1.807) is 29.1 Å². The number of hydrogen-bond acceptors (Lipinski definition) is 6. The summed E-state index contributed by atoms with van der Waals surface area (Å²) in [6.07, 6.45) is 1.66. The second kappa shape index (κ2) is 6.15. The molecule has 0 fully saturated rings. The molecule has 21 heavy (non-hydrogen) atoms. The first-order chi connectivity index (χ1) is 10.3. The summed E-state index contributed by atoms with van der Waals surface area (Å²) in [5.74, 6) is 0.346. The van der Waals surface area contributed by atoms with Crippen LogP contribution in [0.4, 0.5) is 4.39 Å². The van der Waals surface area contributed by atoms with Crippen molar-refractivity contribution in [1.82, 2.24) is 25.2 Å². The van der Waals surface area contributed by atoms with Gasteiger partial charge >= 0.3 is 0 Å². The highest BCUT2D eigenvalue weighted by Crippen LogP contribution is 2.26. The fraction of sp³-hybridized carbons (Fsp3) is 0.231. The Morgan fingerprint density at radius 2 is 2.19 bits per heavy atom. The Bertz CT molecular complexity index is 759. The summed E-state index contributed by atoms with van der Waals surface area (Å²) < 4.78 is 15.4. The van der Waals surface area contributed by atoms with Crippen LogP contribution in [0.3, 0.4) is 0 Å². The molecule has 0 aliphatic rings. The lowest BCUT2D eigenvalue weighted by molar-refractivity contribution is 0.557. The van der Waals surface area contributed by atoms with Crippen LogP contribution in [0.15, 0.2) is 35.6 Å². The molecule has 2 aromatic heterocycles. The quantitative estimate of drug-likeness (QED) is 0.721. The van der Waals surface area contributed by atoms with Crippen LogP contribution < -0.4 is 5.73 Å². The van der Waals surface area contributed by atoms with Crippen molar-refractivity contribution in [1.29, 1.82) is 0 Å². The van der Waals surface area contributed by atoms with Crippen molar-refractivity contribution in [2.75, 3.05) is 6.54 Å². The monoisotopic (exact) mass is 304 g/mol. The predicted molar refractivity (Wildman–Crippen MR) is 78.1 cm³/mol. The van der Waals surface area contributed by atoms with Gasteiger partial charge in [0.1, 0.15) is 5.82 Å². The fourth-order valence-corrected chi connectivity index (χ4v) is 2.91. The number of hydrogen-bond donors (Lipinski definition) is 1. The largest absolute Gasteiger partial charge is 0.329 e. The zero-order valence-corrected chi connectivity index (χ0v) is 11.9. The van der Waals surface area contributed by atoms with Gasteiger partial charge in [-0.15, -0.1) is 5.10 Å².